The number of carbonyl (C=O) groups is 2. The van der Waals surface area contributed by atoms with Crippen LogP contribution in [0.1, 0.15) is 18.5 Å². The highest BCUT2D eigenvalue weighted by molar-refractivity contribution is 6.03. The van der Waals surface area contributed by atoms with Crippen molar-refractivity contribution in [3.05, 3.63) is 71.4 Å². The van der Waals surface area contributed by atoms with Gasteiger partial charge in [-0.05, 0) is 24.6 Å². The predicted octanol–water partition coefficient (Wildman–Crippen LogP) is 3.56. The fraction of sp³-hybridized carbons (Fsp3) is 0.238. The van der Waals surface area contributed by atoms with Crippen LogP contribution < -0.4 is 10.6 Å². The fourth-order valence-electron chi connectivity index (χ4n) is 3.55. The highest BCUT2D eigenvalue weighted by atomic mass is 16.6. The maximum atomic E-state index is 13.0. The molecule has 2 aromatic rings. The molecule has 6 nitrogen and oxygen atoms in total. The number of fused-ring (bicyclic) bond motifs is 1. The van der Waals surface area contributed by atoms with E-state index in [-0.39, 0.29) is 25.0 Å². The number of ether oxygens (including phenoxy) is 1. The van der Waals surface area contributed by atoms with Gasteiger partial charge >= 0.3 is 6.09 Å². The molecule has 4 rings (SSSR count). The van der Waals surface area contributed by atoms with Gasteiger partial charge in [-0.1, -0.05) is 42.5 Å². The van der Waals surface area contributed by atoms with E-state index >= 15 is 0 Å². The molecule has 6 heteroatoms. The van der Waals surface area contributed by atoms with Crippen molar-refractivity contribution in [2.75, 3.05) is 30.3 Å². The van der Waals surface area contributed by atoms with E-state index < -0.39 is 6.09 Å². The molecule has 2 N–H and O–H groups in total. The van der Waals surface area contributed by atoms with E-state index in [1.54, 1.807) is 6.92 Å². The Kier molecular flexibility index (Phi) is 4.54. The first-order valence-corrected chi connectivity index (χ1v) is 9.03. The maximum absolute atomic E-state index is 13.0. The fourth-order valence-corrected chi connectivity index (χ4v) is 3.55. The van der Waals surface area contributed by atoms with E-state index in [1.807, 2.05) is 54.6 Å². The Balaban J connectivity index is 1.79. The summed E-state index contributed by atoms with van der Waals surface area (Å²) in [6.07, 6.45) is -0.471. The van der Waals surface area contributed by atoms with Crippen molar-refractivity contribution in [3.63, 3.8) is 0 Å². The molecule has 2 aliphatic rings. The minimum atomic E-state index is -0.471. The van der Waals surface area contributed by atoms with E-state index in [0.717, 1.165) is 22.6 Å². The predicted molar refractivity (Wildman–Crippen MR) is 103 cm³/mol. The van der Waals surface area contributed by atoms with Crippen LogP contribution in [0.3, 0.4) is 0 Å². The van der Waals surface area contributed by atoms with Crippen LogP contribution in [0.15, 0.2) is 65.9 Å². The number of para-hydroxylation sites is 2. The standard InChI is InChI=1S/C21H21N3O3/c1-2-27-21(26)24-12-17-19(18(25)13-24)20(14-8-4-3-5-9-14)23-16-11-7-6-10-15(16)22-17/h3-11,20,22-23H,2,12-13H2,1H3. The summed E-state index contributed by atoms with van der Waals surface area (Å²) in [5.74, 6) is -0.0917. The van der Waals surface area contributed by atoms with Crippen LogP contribution in [-0.2, 0) is 9.53 Å². The first-order valence-electron chi connectivity index (χ1n) is 9.03. The van der Waals surface area contributed by atoms with Crippen molar-refractivity contribution in [1.82, 2.24) is 4.90 Å². The third-order valence-corrected chi connectivity index (χ3v) is 4.77. The Morgan fingerprint density at radius 1 is 1.07 bits per heavy atom. The molecule has 0 aromatic heterocycles. The lowest BCUT2D eigenvalue weighted by molar-refractivity contribution is -0.117. The highest BCUT2D eigenvalue weighted by Crippen LogP contribution is 2.38. The molecule has 138 valence electrons. The van der Waals surface area contributed by atoms with Gasteiger partial charge in [0.2, 0.25) is 0 Å². The Bertz CT molecular complexity index is 908. The summed E-state index contributed by atoms with van der Waals surface area (Å²) in [6, 6.07) is 17.4. The van der Waals surface area contributed by atoms with E-state index in [4.69, 9.17) is 4.74 Å². The van der Waals surface area contributed by atoms with Gasteiger partial charge in [-0.2, -0.15) is 0 Å². The van der Waals surface area contributed by atoms with Crippen LogP contribution in [0.2, 0.25) is 0 Å². The van der Waals surface area contributed by atoms with Gasteiger partial charge in [-0.15, -0.1) is 0 Å². The summed E-state index contributed by atoms with van der Waals surface area (Å²) in [5, 5.41) is 6.86. The molecule has 2 aliphatic heterocycles. The molecule has 0 aliphatic carbocycles. The third-order valence-electron chi connectivity index (χ3n) is 4.77. The molecule has 1 amide bonds. The summed E-state index contributed by atoms with van der Waals surface area (Å²) < 4.78 is 5.09. The van der Waals surface area contributed by atoms with Crippen molar-refractivity contribution in [2.24, 2.45) is 0 Å². The number of Topliss-reactive ketones (excluding diaryl/α,β-unsaturated/α-hetero) is 1. The Morgan fingerprint density at radius 3 is 2.52 bits per heavy atom. The third kappa shape index (κ3) is 3.26. The Hall–Kier alpha value is -3.28. The van der Waals surface area contributed by atoms with Gasteiger partial charge in [-0.25, -0.2) is 4.79 Å². The molecule has 0 fully saturated rings. The minimum Gasteiger partial charge on any atom is -0.450 e. The first kappa shape index (κ1) is 17.1. The van der Waals surface area contributed by atoms with Crippen LogP contribution in [-0.4, -0.2) is 36.5 Å². The maximum Gasteiger partial charge on any atom is 0.410 e. The van der Waals surface area contributed by atoms with Crippen LogP contribution in [0.5, 0.6) is 0 Å². The second kappa shape index (κ2) is 7.15. The number of nitrogens with one attached hydrogen (secondary N) is 2. The molecule has 0 spiro atoms. The number of nitrogens with zero attached hydrogens (tertiary/aromatic N) is 1. The Morgan fingerprint density at radius 2 is 1.78 bits per heavy atom. The molecule has 0 bridgehead atoms. The van der Waals surface area contributed by atoms with Crippen molar-refractivity contribution < 1.29 is 14.3 Å². The lowest BCUT2D eigenvalue weighted by Gasteiger charge is -2.31. The van der Waals surface area contributed by atoms with Crippen LogP contribution in [0.4, 0.5) is 16.2 Å². The van der Waals surface area contributed by atoms with Gasteiger partial charge < -0.3 is 15.4 Å². The molecule has 0 radical (unpaired) electrons. The van der Waals surface area contributed by atoms with Gasteiger partial charge in [0.05, 0.1) is 37.1 Å². The van der Waals surface area contributed by atoms with Gasteiger partial charge in [0.25, 0.3) is 0 Å². The van der Waals surface area contributed by atoms with E-state index in [0.29, 0.717) is 12.1 Å². The number of benzene rings is 2. The summed E-state index contributed by atoms with van der Waals surface area (Å²) >= 11 is 0. The van der Waals surface area contributed by atoms with Crippen LogP contribution >= 0.6 is 0 Å². The number of ketones is 1. The van der Waals surface area contributed by atoms with E-state index in [2.05, 4.69) is 10.6 Å². The van der Waals surface area contributed by atoms with Crippen LogP contribution in [0, 0.1) is 0 Å². The quantitative estimate of drug-likeness (QED) is 0.854. The summed E-state index contributed by atoms with van der Waals surface area (Å²) in [4.78, 5) is 26.7. The zero-order valence-electron chi connectivity index (χ0n) is 15.1. The van der Waals surface area contributed by atoms with Gasteiger partial charge in [-0.3, -0.25) is 9.69 Å². The number of anilines is 2. The second-order valence-electron chi connectivity index (χ2n) is 6.53. The van der Waals surface area contributed by atoms with E-state index in [9.17, 15) is 9.59 Å². The van der Waals surface area contributed by atoms with Crippen molar-refractivity contribution in [1.29, 1.82) is 0 Å². The highest BCUT2D eigenvalue weighted by Gasteiger charge is 2.36. The largest absolute Gasteiger partial charge is 0.450 e. The molecule has 2 aromatic carbocycles. The zero-order valence-corrected chi connectivity index (χ0v) is 15.1. The summed E-state index contributed by atoms with van der Waals surface area (Å²) in [5.41, 5.74) is 4.18. The van der Waals surface area contributed by atoms with Crippen molar-refractivity contribution >= 4 is 23.3 Å². The number of hydrogen-bond donors (Lipinski definition) is 2. The molecule has 27 heavy (non-hydrogen) atoms. The first-order chi connectivity index (χ1) is 13.2. The normalized spacial score (nSPS) is 18.6. The van der Waals surface area contributed by atoms with Gasteiger partial charge in [0, 0.05) is 11.3 Å². The number of carbonyl (C=O) groups excluding carboxylic acids is 2. The minimum absolute atomic E-state index is 0.0146. The monoisotopic (exact) mass is 363 g/mol. The van der Waals surface area contributed by atoms with Gasteiger partial charge in [0.15, 0.2) is 5.78 Å². The number of rotatable bonds is 2. The zero-order chi connectivity index (χ0) is 18.8. The lowest BCUT2D eigenvalue weighted by atomic mass is 9.91. The topological polar surface area (TPSA) is 70.7 Å². The SMILES string of the molecule is CCOC(=O)N1CC(=O)C2=C(C1)Nc1ccccc1NC2c1ccccc1. The van der Waals surface area contributed by atoms with Crippen LogP contribution in [0.25, 0.3) is 0 Å². The molecular weight excluding hydrogens is 342 g/mol. The molecule has 1 unspecified atom stereocenters. The van der Waals surface area contributed by atoms with E-state index in [1.165, 1.54) is 4.90 Å². The average molecular weight is 363 g/mol. The smallest absolute Gasteiger partial charge is 0.410 e. The molecule has 2 heterocycles. The Labute approximate surface area is 157 Å². The lowest BCUT2D eigenvalue weighted by Crippen LogP contribution is -2.44. The number of amides is 1. The number of hydrogen-bond acceptors (Lipinski definition) is 5. The second-order valence-corrected chi connectivity index (χ2v) is 6.53. The molecule has 0 saturated heterocycles. The van der Waals surface area contributed by atoms with Gasteiger partial charge in [0.1, 0.15) is 0 Å². The molecular formula is C21H21N3O3. The summed E-state index contributed by atoms with van der Waals surface area (Å²) in [6.45, 7) is 2.35. The van der Waals surface area contributed by atoms with Crippen molar-refractivity contribution in [2.45, 2.75) is 13.0 Å². The summed E-state index contributed by atoms with van der Waals surface area (Å²) in [7, 11) is 0. The molecule has 1 atom stereocenters. The molecule has 0 saturated carbocycles. The average Bonchev–Trinajstić information content (AvgIpc) is 2.85. The van der Waals surface area contributed by atoms with Crippen molar-refractivity contribution in [3.8, 4) is 0 Å².